The Labute approximate surface area is 203 Å². The molecule has 8 nitrogen and oxygen atoms in total. The van der Waals surface area contributed by atoms with Crippen molar-refractivity contribution < 1.29 is 9.18 Å². The fourth-order valence-corrected chi connectivity index (χ4v) is 4.82. The molecule has 9 heteroatoms. The van der Waals surface area contributed by atoms with Crippen molar-refractivity contribution >= 4 is 22.6 Å². The number of hydrogen-bond acceptors (Lipinski definition) is 6. The van der Waals surface area contributed by atoms with E-state index >= 15 is 4.39 Å². The van der Waals surface area contributed by atoms with E-state index in [2.05, 4.69) is 30.1 Å². The number of hydrogen-bond donors (Lipinski definition) is 2. The van der Waals surface area contributed by atoms with E-state index < -0.39 is 5.82 Å². The van der Waals surface area contributed by atoms with E-state index in [4.69, 9.17) is 0 Å². The van der Waals surface area contributed by atoms with Crippen molar-refractivity contribution in [2.75, 3.05) is 31.1 Å². The van der Waals surface area contributed by atoms with Gasteiger partial charge in [-0.05, 0) is 50.8 Å². The number of H-pyrrole nitrogens is 1. The molecule has 2 fully saturated rings. The summed E-state index contributed by atoms with van der Waals surface area (Å²) in [6.07, 6.45) is 5.52. The number of fused-ring (bicyclic) bond motifs is 1. The molecule has 1 amide bonds. The maximum atomic E-state index is 15.4. The molecule has 1 atom stereocenters. The zero-order valence-corrected chi connectivity index (χ0v) is 20.2. The quantitative estimate of drug-likeness (QED) is 0.565. The van der Waals surface area contributed by atoms with E-state index in [1.54, 1.807) is 24.4 Å². The topological polar surface area (TPSA) is 94.2 Å². The molecule has 35 heavy (non-hydrogen) atoms. The number of benzene rings is 1. The van der Waals surface area contributed by atoms with E-state index in [-0.39, 0.29) is 29.1 Å². The molecule has 5 rings (SSSR count). The highest BCUT2D eigenvalue weighted by atomic mass is 19.1. The second kappa shape index (κ2) is 9.73. The number of carbonyl (C=O) groups is 1. The van der Waals surface area contributed by atoms with Crippen molar-refractivity contribution in [2.24, 2.45) is 0 Å². The average Bonchev–Trinajstić information content (AvgIpc) is 2.86. The lowest BCUT2D eigenvalue weighted by molar-refractivity contribution is 0.0912. The largest absolute Gasteiger partial charge is 0.368 e. The summed E-state index contributed by atoms with van der Waals surface area (Å²) in [5, 5.41) is 3.01. The first kappa shape index (κ1) is 23.4. The molecule has 1 saturated heterocycles. The van der Waals surface area contributed by atoms with Gasteiger partial charge >= 0.3 is 0 Å². The minimum Gasteiger partial charge on any atom is -0.368 e. The van der Waals surface area contributed by atoms with Crippen LogP contribution in [0.3, 0.4) is 0 Å². The third kappa shape index (κ3) is 4.65. The summed E-state index contributed by atoms with van der Waals surface area (Å²) in [7, 11) is 0. The second-order valence-corrected chi connectivity index (χ2v) is 9.43. The number of rotatable bonds is 6. The lowest BCUT2D eigenvalue weighted by Gasteiger charge is -2.39. The van der Waals surface area contributed by atoms with Gasteiger partial charge in [-0.15, -0.1) is 0 Å². The van der Waals surface area contributed by atoms with Gasteiger partial charge in [0.05, 0.1) is 17.4 Å². The number of carbonyl (C=O) groups excluding carboxylic acids is 1. The summed E-state index contributed by atoms with van der Waals surface area (Å²) < 4.78 is 15.4. The molecular formula is C26H31FN6O2. The predicted octanol–water partition coefficient (Wildman–Crippen LogP) is 3.19. The molecule has 1 saturated carbocycles. The molecule has 1 aliphatic heterocycles. The van der Waals surface area contributed by atoms with Gasteiger partial charge in [0.25, 0.3) is 11.5 Å². The smallest absolute Gasteiger partial charge is 0.270 e. The van der Waals surface area contributed by atoms with Crippen molar-refractivity contribution in [3.05, 3.63) is 63.6 Å². The Kier molecular flexibility index (Phi) is 6.51. The number of aromatic amines is 1. The average molecular weight is 479 g/mol. The minimum absolute atomic E-state index is 0.111. The van der Waals surface area contributed by atoms with Gasteiger partial charge in [0, 0.05) is 43.8 Å². The number of amides is 1. The Morgan fingerprint density at radius 2 is 1.97 bits per heavy atom. The highest BCUT2D eigenvalue weighted by molar-refractivity contribution is 5.92. The predicted molar refractivity (Wildman–Crippen MR) is 133 cm³/mol. The second-order valence-electron chi connectivity index (χ2n) is 9.43. The molecule has 3 aromatic rings. The van der Waals surface area contributed by atoms with Crippen LogP contribution in [-0.2, 0) is 6.42 Å². The Morgan fingerprint density at radius 1 is 1.20 bits per heavy atom. The van der Waals surface area contributed by atoms with Crippen LogP contribution >= 0.6 is 0 Å². The highest BCUT2D eigenvalue weighted by Gasteiger charge is 2.26. The van der Waals surface area contributed by atoms with E-state index in [9.17, 15) is 9.59 Å². The van der Waals surface area contributed by atoms with Crippen molar-refractivity contribution in [2.45, 2.75) is 51.6 Å². The van der Waals surface area contributed by atoms with Gasteiger partial charge in [-0.2, -0.15) is 0 Å². The lowest BCUT2D eigenvalue weighted by atomic mass is 9.93. The summed E-state index contributed by atoms with van der Waals surface area (Å²) in [4.78, 5) is 40.3. The van der Waals surface area contributed by atoms with Gasteiger partial charge < -0.3 is 15.2 Å². The fraction of sp³-hybridized carbons (Fsp3) is 0.462. The zero-order chi connectivity index (χ0) is 24.5. The van der Waals surface area contributed by atoms with E-state index in [0.29, 0.717) is 28.9 Å². The summed E-state index contributed by atoms with van der Waals surface area (Å²) in [5.41, 5.74) is 2.69. The molecule has 1 aliphatic carbocycles. The van der Waals surface area contributed by atoms with Crippen molar-refractivity contribution in [1.29, 1.82) is 0 Å². The lowest BCUT2D eigenvalue weighted by Crippen LogP contribution is -2.47. The van der Waals surface area contributed by atoms with Crippen molar-refractivity contribution in [3.63, 3.8) is 0 Å². The maximum Gasteiger partial charge on any atom is 0.270 e. The molecular weight excluding hydrogens is 447 g/mol. The van der Waals surface area contributed by atoms with E-state index in [1.807, 2.05) is 19.9 Å². The van der Waals surface area contributed by atoms with Crippen LogP contribution in [-0.4, -0.2) is 58.0 Å². The summed E-state index contributed by atoms with van der Waals surface area (Å²) >= 11 is 0. The number of aromatic nitrogens is 3. The molecule has 0 radical (unpaired) electrons. The molecule has 2 aromatic heterocycles. The molecule has 0 spiro atoms. The molecule has 2 N–H and O–H groups in total. The maximum absolute atomic E-state index is 15.4. The monoisotopic (exact) mass is 478 g/mol. The van der Waals surface area contributed by atoms with Crippen LogP contribution in [0.15, 0.2) is 35.3 Å². The SMILES string of the molecule is CCc1nc2ccc(C(C)N3CCN(c4ccc(C(=O)NC5CCC5)nc4)CC3)c(F)c2[nH]c1=O. The van der Waals surface area contributed by atoms with Gasteiger partial charge in [-0.25, -0.2) is 14.4 Å². The molecule has 184 valence electrons. The third-order valence-corrected chi connectivity index (χ3v) is 7.34. The van der Waals surface area contributed by atoms with Crippen molar-refractivity contribution in [1.82, 2.24) is 25.2 Å². The van der Waals surface area contributed by atoms with E-state index in [0.717, 1.165) is 44.7 Å². The number of pyridine rings is 1. The minimum atomic E-state index is -0.412. The van der Waals surface area contributed by atoms with Crippen LogP contribution in [0.5, 0.6) is 0 Å². The first-order valence-corrected chi connectivity index (χ1v) is 12.4. The van der Waals surface area contributed by atoms with Gasteiger partial charge in [-0.3, -0.25) is 14.5 Å². The van der Waals surface area contributed by atoms with E-state index in [1.165, 1.54) is 6.42 Å². The first-order chi connectivity index (χ1) is 16.9. The summed E-state index contributed by atoms with van der Waals surface area (Å²) in [6.45, 7) is 6.90. The van der Waals surface area contributed by atoms with Crippen LogP contribution in [0, 0.1) is 5.82 Å². The van der Waals surface area contributed by atoms with Gasteiger partial charge in [-0.1, -0.05) is 13.0 Å². The standard InChI is InChI=1S/C26H31FN6O2/c1-3-20-25(34)31-24-21(30-20)10-8-19(23(24)27)16(2)32-11-13-33(14-12-32)18-7-9-22(28-15-18)26(35)29-17-5-4-6-17/h7-10,15-17H,3-6,11-14H2,1-2H3,(H,29,35)(H,31,34). The summed E-state index contributed by atoms with van der Waals surface area (Å²) in [6, 6.07) is 7.42. The number of nitrogens with zero attached hydrogens (tertiary/aromatic N) is 4. The summed E-state index contributed by atoms with van der Waals surface area (Å²) in [5.74, 6) is -0.524. The number of anilines is 1. The number of piperazine rings is 1. The Morgan fingerprint density at radius 3 is 2.60 bits per heavy atom. The normalized spacial score (nSPS) is 17.9. The van der Waals surface area contributed by atoms with Crippen molar-refractivity contribution in [3.8, 4) is 0 Å². The van der Waals surface area contributed by atoms with Crippen LogP contribution in [0.2, 0.25) is 0 Å². The van der Waals surface area contributed by atoms with Crippen LogP contribution in [0.1, 0.15) is 60.9 Å². The molecule has 1 aromatic carbocycles. The molecule has 3 heterocycles. The molecule has 2 aliphatic rings. The van der Waals surface area contributed by atoms with Crippen LogP contribution < -0.4 is 15.8 Å². The number of halogens is 1. The molecule has 1 unspecified atom stereocenters. The number of aryl methyl sites for hydroxylation is 1. The Bertz CT molecular complexity index is 1280. The molecule has 0 bridgehead atoms. The first-order valence-electron chi connectivity index (χ1n) is 12.4. The van der Waals surface area contributed by atoms with Crippen LogP contribution in [0.4, 0.5) is 10.1 Å². The fourth-order valence-electron chi connectivity index (χ4n) is 4.82. The highest BCUT2D eigenvalue weighted by Crippen LogP contribution is 2.28. The van der Waals surface area contributed by atoms with Gasteiger partial charge in [0.2, 0.25) is 0 Å². The zero-order valence-electron chi connectivity index (χ0n) is 20.2. The van der Waals surface area contributed by atoms with Gasteiger partial charge in [0.15, 0.2) is 5.82 Å². The number of nitrogens with one attached hydrogen (secondary N) is 2. The van der Waals surface area contributed by atoms with Crippen LogP contribution in [0.25, 0.3) is 11.0 Å². The Balaban J connectivity index is 1.24. The van der Waals surface area contributed by atoms with Gasteiger partial charge in [0.1, 0.15) is 16.9 Å². The third-order valence-electron chi connectivity index (χ3n) is 7.34. The Hall–Kier alpha value is -3.33.